The molecule has 0 aromatic heterocycles. The Hall–Kier alpha value is -4.84. The molecule has 1 aliphatic carbocycles. The number of ketones is 3. The van der Waals surface area contributed by atoms with Gasteiger partial charge in [-0.3, -0.25) is 14.4 Å². The van der Waals surface area contributed by atoms with E-state index in [1.165, 1.54) is 13.2 Å². The second kappa shape index (κ2) is 8.85. The lowest BCUT2D eigenvalue weighted by molar-refractivity contribution is 0.0664. The van der Waals surface area contributed by atoms with E-state index in [1.54, 1.807) is 66.7 Å². The van der Waals surface area contributed by atoms with E-state index in [0.717, 1.165) is 5.56 Å². The van der Waals surface area contributed by atoms with E-state index in [0.29, 0.717) is 28.1 Å². The van der Waals surface area contributed by atoms with Crippen molar-refractivity contribution in [2.75, 3.05) is 12.0 Å². The Morgan fingerprint density at radius 3 is 2.25 bits per heavy atom. The summed E-state index contributed by atoms with van der Waals surface area (Å²) in [4.78, 5) is 45.6. The molecule has 4 aromatic carbocycles. The molecule has 0 bridgehead atoms. The number of rotatable bonds is 4. The highest BCUT2D eigenvalue weighted by Gasteiger charge is 2.71. The molecule has 1 spiro atoms. The van der Waals surface area contributed by atoms with Gasteiger partial charge in [-0.1, -0.05) is 84.9 Å². The zero-order valence-corrected chi connectivity index (χ0v) is 21.6. The molecule has 0 radical (unpaired) electrons. The second-order valence-electron chi connectivity index (χ2n) is 10.4. The number of methoxy groups -OCH3 is 1. The summed E-state index contributed by atoms with van der Waals surface area (Å²) in [7, 11) is 1.52. The van der Waals surface area contributed by atoms with Crippen LogP contribution in [0.1, 0.15) is 48.1 Å². The number of anilines is 1. The van der Waals surface area contributed by atoms with Gasteiger partial charge in [0.2, 0.25) is 0 Å². The van der Waals surface area contributed by atoms with E-state index in [-0.39, 0.29) is 22.9 Å². The van der Waals surface area contributed by atoms with Gasteiger partial charge in [-0.2, -0.15) is 0 Å². The molecule has 0 saturated carbocycles. The first-order valence-electron chi connectivity index (χ1n) is 13.2. The fourth-order valence-corrected chi connectivity index (χ4v) is 6.94. The van der Waals surface area contributed by atoms with Gasteiger partial charge in [0.15, 0.2) is 17.3 Å². The zero-order valence-electron chi connectivity index (χ0n) is 21.6. The van der Waals surface area contributed by atoms with Gasteiger partial charge in [0.1, 0.15) is 23.0 Å². The first kappa shape index (κ1) is 24.2. The van der Waals surface area contributed by atoms with Gasteiger partial charge in [-0.05, 0) is 35.4 Å². The van der Waals surface area contributed by atoms with Crippen molar-refractivity contribution >= 4 is 29.1 Å². The van der Waals surface area contributed by atoms with Crippen LogP contribution in [0.5, 0.6) is 5.75 Å². The third-order valence-corrected chi connectivity index (χ3v) is 8.58. The molecular formula is C34H24FNO4. The van der Waals surface area contributed by atoms with E-state index in [1.807, 2.05) is 41.3 Å². The first-order chi connectivity index (χ1) is 19.5. The van der Waals surface area contributed by atoms with Crippen LogP contribution >= 0.6 is 0 Å². The maximum atomic E-state index is 15.8. The van der Waals surface area contributed by atoms with Crippen LogP contribution in [-0.4, -0.2) is 36.5 Å². The number of carbonyl (C=O) groups excluding carboxylic acids is 3. The average molecular weight is 530 g/mol. The number of hydrogen-bond acceptors (Lipinski definition) is 5. The third kappa shape index (κ3) is 3.10. The number of hydrogen-bond donors (Lipinski definition) is 0. The Balaban J connectivity index is 1.56. The highest BCUT2D eigenvalue weighted by atomic mass is 19.1. The minimum atomic E-state index is -1.74. The van der Waals surface area contributed by atoms with Gasteiger partial charge < -0.3 is 9.64 Å². The highest BCUT2D eigenvalue weighted by Crippen LogP contribution is 2.61. The van der Waals surface area contributed by atoms with Crippen molar-refractivity contribution in [1.29, 1.82) is 0 Å². The van der Waals surface area contributed by atoms with Crippen LogP contribution in [0.15, 0.2) is 103 Å². The van der Waals surface area contributed by atoms with Crippen molar-refractivity contribution < 1.29 is 23.5 Å². The molecule has 40 heavy (non-hydrogen) atoms. The standard InChI is InChI=1S/C34H24FNO4/c1-40-22-11-8-10-21(19-22)31(37)30-29(25-14-5-6-15-26(25)35)34(32(38)23-12-3-4-13-24(23)33(34)39)28-18-17-20-9-2-7-16-27(20)36(28)30/h2-19,28-30H,1H3/t28-,29+,30-/m0/s1. The monoisotopic (exact) mass is 529 g/mol. The van der Waals surface area contributed by atoms with Crippen molar-refractivity contribution in [2.24, 2.45) is 5.41 Å². The molecule has 3 atom stereocenters. The zero-order chi connectivity index (χ0) is 27.6. The van der Waals surface area contributed by atoms with Crippen LogP contribution in [0, 0.1) is 11.2 Å². The number of carbonyl (C=O) groups is 3. The minimum Gasteiger partial charge on any atom is -0.497 e. The lowest BCUT2D eigenvalue weighted by Crippen LogP contribution is -2.48. The lowest BCUT2D eigenvalue weighted by Gasteiger charge is -2.37. The van der Waals surface area contributed by atoms with Crippen molar-refractivity contribution in [3.05, 3.63) is 137 Å². The highest BCUT2D eigenvalue weighted by molar-refractivity contribution is 6.32. The Labute approximate surface area is 230 Å². The van der Waals surface area contributed by atoms with Gasteiger partial charge in [0, 0.05) is 28.3 Å². The van der Waals surface area contributed by atoms with E-state index < -0.39 is 29.2 Å². The number of halogens is 1. The predicted molar refractivity (Wildman–Crippen MR) is 150 cm³/mol. The Morgan fingerprint density at radius 1 is 0.850 bits per heavy atom. The summed E-state index contributed by atoms with van der Waals surface area (Å²) in [6, 6.07) is 25.4. The molecule has 0 N–H and O–H groups in total. The molecule has 7 rings (SSSR count). The predicted octanol–water partition coefficient (Wildman–Crippen LogP) is 6.15. The average Bonchev–Trinajstić information content (AvgIpc) is 3.43. The first-order valence-corrected chi connectivity index (χ1v) is 13.2. The Morgan fingerprint density at radius 2 is 1.52 bits per heavy atom. The number of nitrogens with zero attached hydrogens (tertiary/aromatic N) is 1. The molecule has 0 amide bonds. The van der Waals surface area contributed by atoms with Crippen molar-refractivity contribution in [2.45, 2.75) is 18.0 Å². The second-order valence-corrected chi connectivity index (χ2v) is 10.4. The maximum absolute atomic E-state index is 15.8. The van der Waals surface area contributed by atoms with Crippen LogP contribution in [0.25, 0.3) is 6.08 Å². The quantitative estimate of drug-likeness (QED) is 0.234. The van der Waals surface area contributed by atoms with Gasteiger partial charge in [-0.15, -0.1) is 0 Å². The molecule has 3 aliphatic rings. The fourth-order valence-electron chi connectivity index (χ4n) is 6.94. The number of para-hydroxylation sites is 1. The van der Waals surface area contributed by atoms with Crippen molar-refractivity contribution in [3.63, 3.8) is 0 Å². The summed E-state index contributed by atoms with van der Waals surface area (Å²) < 4.78 is 21.2. The number of ether oxygens (including phenoxy) is 1. The molecule has 1 saturated heterocycles. The molecule has 2 aliphatic heterocycles. The molecule has 0 unspecified atom stereocenters. The van der Waals surface area contributed by atoms with E-state index in [9.17, 15) is 14.4 Å². The van der Waals surface area contributed by atoms with E-state index >= 15 is 4.39 Å². The van der Waals surface area contributed by atoms with Gasteiger partial charge in [0.25, 0.3) is 0 Å². The molecule has 1 fully saturated rings. The number of benzene rings is 4. The smallest absolute Gasteiger partial charge is 0.186 e. The lowest BCUT2D eigenvalue weighted by atomic mass is 9.64. The van der Waals surface area contributed by atoms with Crippen LogP contribution in [0.2, 0.25) is 0 Å². The van der Waals surface area contributed by atoms with Crippen LogP contribution in [0.4, 0.5) is 10.1 Å². The van der Waals surface area contributed by atoms with Gasteiger partial charge >= 0.3 is 0 Å². The molecule has 5 nitrogen and oxygen atoms in total. The largest absolute Gasteiger partial charge is 0.497 e. The molecule has 2 heterocycles. The van der Waals surface area contributed by atoms with E-state index in [2.05, 4.69) is 0 Å². The van der Waals surface area contributed by atoms with E-state index in [4.69, 9.17) is 4.74 Å². The van der Waals surface area contributed by atoms with Gasteiger partial charge in [0.05, 0.1) is 13.2 Å². The molecule has 196 valence electrons. The summed E-state index contributed by atoms with van der Waals surface area (Å²) in [5.74, 6) is -2.26. The topological polar surface area (TPSA) is 63.7 Å². The van der Waals surface area contributed by atoms with Crippen molar-refractivity contribution in [1.82, 2.24) is 0 Å². The molecule has 6 heteroatoms. The van der Waals surface area contributed by atoms with Gasteiger partial charge in [-0.25, -0.2) is 4.39 Å². The minimum absolute atomic E-state index is 0.165. The van der Waals surface area contributed by atoms with Crippen LogP contribution in [-0.2, 0) is 0 Å². The normalized spacial score (nSPS) is 21.8. The van der Waals surface area contributed by atoms with Crippen molar-refractivity contribution in [3.8, 4) is 5.75 Å². The maximum Gasteiger partial charge on any atom is 0.186 e. The molecular weight excluding hydrogens is 505 g/mol. The number of fused-ring (bicyclic) bond motifs is 5. The summed E-state index contributed by atoms with van der Waals surface area (Å²) in [5, 5.41) is 0. The Bertz CT molecular complexity index is 1720. The Kier molecular flexibility index (Phi) is 5.36. The molecule has 4 aromatic rings. The van der Waals surface area contributed by atoms with Crippen LogP contribution < -0.4 is 9.64 Å². The van der Waals surface area contributed by atoms with Crippen LogP contribution in [0.3, 0.4) is 0 Å². The summed E-state index contributed by atoms with van der Waals surface area (Å²) >= 11 is 0. The summed E-state index contributed by atoms with van der Waals surface area (Å²) in [6.07, 6.45) is 3.72. The fraction of sp³-hybridized carbons (Fsp3) is 0.147. The summed E-state index contributed by atoms with van der Waals surface area (Å²) in [5.41, 5.74) is 0.941. The summed E-state index contributed by atoms with van der Waals surface area (Å²) in [6.45, 7) is 0. The third-order valence-electron chi connectivity index (χ3n) is 8.58. The number of Topliss-reactive ketones (excluding diaryl/α,β-unsaturated/α-hetero) is 3. The SMILES string of the molecule is COc1cccc(C(=O)[C@@H]2[C@@H](c3ccccc3F)C3(C(=O)c4ccccc4C3=O)[C@@H]3C=Cc4ccccc4N23)c1.